The number of aromatic nitrogens is 3. The van der Waals surface area contributed by atoms with Gasteiger partial charge in [0, 0.05) is 42.3 Å². The summed E-state index contributed by atoms with van der Waals surface area (Å²) < 4.78 is 51.4. The number of rotatable bonds is 2. The van der Waals surface area contributed by atoms with E-state index in [1.54, 1.807) is 19.1 Å². The third-order valence-corrected chi connectivity index (χ3v) is 6.09. The Morgan fingerprint density at radius 2 is 1.65 bits per heavy atom. The molecule has 0 radical (unpaired) electrons. The molecule has 0 spiro atoms. The lowest BCUT2D eigenvalue weighted by atomic mass is 10.1. The first-order chi connectivity index (χ1) is 18.8. The lowest BCUT2D eigenvalue weighted by Gasteiger charge is -2.24. The van der Waals surface area contributed by atoms with Crippen molar-refractivity contribution in [2.45, 2.75) is 32.4 Å². The van der Waals surface area contributed by atoms with Gasteiger partial charge in [0.25, 0.3) is 5.91 Å². The zero-order valence-electron chi connectivity index (χ0n) is 21.5. The summed E-state index contributed by atoms with van der Waals surface area (Å²) in [7, 11) is 0. The SMILES string of the molecule is CC(=O)N1CCCCC1.NC(=O)c1cnn(-c2ccc(F)cc2)c1.Nc1cc(C(F)(F)F)nc2ccc(Cl)cc12. The Bertz CT molecular complexity index is 1470. The lowest BCUT2D eigenvalue weighted by molar-refractivity contribution is -0.141. The van der Waals surface area contributed by atoms with E-state index in [1.807, 2.05) is 4.90 Å². The van der Waals surface area contributed by atoms with Crippen molar-refractivity contribution in [3.63, 3.8) is 0 Å². The van der Waals surface area contributed by atoms with Gasteiger partial charge in [0.2, 0.25) is 5.91 Å². The summed E-state index contributed by atoms with van der Waals surface area (Å²) in [6, 6.07) is 10.9. The number of benzene rings is 2. The summed E-state index contributed by atoms with van der Waals surface area (Å²) >= 11 is 5.71. The fraction of sp³-hybridized carbons (Fsp3) is 0.259. The van der Waals surface area contributed by atoms with E-state index < -0.39 is 17.8 Å². The van der Waals surface area contributed by atoms with E-state index in [1.165, 1.54) is 66.7 Å². The highest BCUT2D eigenvalue weighted by Crippen LogP contribution is 2.32. The molecule has 0 bridgehead atoms. The largest absolute Gasteiger partial charge is 0.433 e. The van der Waals surface area contributed by atoms with Gasteiger partial charge in [-0.15, -0.1) is 0 Å². The average molecular weight is 579 g/mol. The summed E-state index contributed by atoms with van der Waals surface area (Å²) in [4.78, 5) is 26.9. The second-order valence-electron chi connectivity index (χ2n) is 8.84. The van der Waals surface area contributed by atoms with E-state index in [9.17, 15) is 27.2 Å². The fourth-order valence-corrected chi connectivity index (χ4v) is 3.94. The minimum absolute atomic E-state index is 0.0137. The van der Waals surface area contributed by atoms with Gasteiger partial charge in [-0.2, -0.15) is 18.3 Å². The molecule has 0 saturated carbocycles. The van der Waals surface area contributed by atoms with E-state index in [0.29, 0.717) is 21.7 Å². The summed E-state index contributed by atoms with van der Waals surface area (Å²) in [5.74, 6) is -0.626. The number of carbonyl (C=O) groups excluding carboxylic acids is 2. The molecule has 4 aromatic rings. The van der Waals surface area contributed by atoms with Crippen LogP contribution in [0.25, 0.3) is 16.6 Å². The van der Waals surface area contributed by atoms with Gasteiger partial charge in [-0.25, -0.2) is 14.1 Å². The van der Waals surface area contributed by atoms with Crippen molar-refractivity contribution in [1.82, 2.24) is 19.7 Å². The quantitative estimate of drug-likeness (QED) is 0.299. The van der Waals surface area contributed by atoms with E-state index >= 15 is 0 Å². The Morgan fingerprint density at radius 1 is 1.00 bits per heavy atom. The number of carbonyl (C=O) groups is 2. The summed E-state index contributed by atoms with van der Waals surface area (Å²) in [5, 5.41) is 4.75. The van der Waals surface area contributed by atoms with Crippen LogP contribution >= 0.6 is 11.6 Å². The van der Waals surface area contributed by atoms with E-state index in [4.69, 9.17) is 23.1 Å². The van der Waals surface area contributed by atoms with Crippen molar-refractivity contribution >= 4 is 40.0 Å². The Balaban J connectivity index is 0.000000172. The number of anilines is 1. The Morgan fingerprint density at radius 3 is 2.17 bits per heavy atom. The molecular weight excluding hydrogens is 552 g/mol. The standard InChI is InChI=1S/C10H6ClF3N2.C10H8FN3O.C7H13NO/c11-5-1-2-8-6(3-5)7(15)4-9(16-8)10(12,13)14;11-8-1-3-9(4-2-8)14-6-7(5-13-14)10(12)15;1-7(9)8-5-3-2-4-6-8/h1-4H,(H2,15,16);1-6H,(H2,12,15);2-6H2,1H3. The predicted molar refractivity (Wildman–Crippen MR) is 144 cm³/mol. The van der Waals surface area contributed by atoms with Crippen LogP contribution in [0.4, 0.5) is 23.2 Å². The van der Waals surface area contributed by atoms with Gasteiger partial charge in [-0.1, -0.05) is 11.6 Å². The van der Waals surface area contributed by atoms with Crippen LogP contribution in [-0.4, -0.2) is 44.6 Å². The van der Waals surface area contributed by atoms with Crippen molar-refractivity contribution in [3.8, 4) is 5.69 Å². The smallest absolute Gasteiger partial charge is 0.398 e. The number of fused-ring (bicyclic) bond motifs is 1. The number of hydrogen-bond acceptors (Lipinski definition) is 5. The maximum Gasteiger partial charge on any atom is 0.433 e. The van der Waals surface area contributed by atoms with Gasteiger partial charge in [0.1, 0.15) is 11.5 Å². The minimum atomic E-state index is -4.50. The van der Waals surface area contributed by atoms with Crippen molar-refractivity contribution in [3.05, 3.63) is 83.0 Å². The van der Waals surface area contributed by atoms with Gasteiger partial charge in [-0.05, 0) is 67.8 Å². The Hall–Kier alpha value is -4.19. The van der Waals surface area contributed by atoms with Gasteiger partial charge in [0.15, 0.2) is 0 Å². The highest BCUT2D eigenvalue weighted by atomic mass is 35.5. The number of hydrogen-bond donors (Lipinski definition) is 2. The molecule has 4 N–H and O–H groups in total. The lowest BCUT2D eigenvalue weighted by Crippen LogP contribution is -2.33. The van der Waals surface area contributed by atoms with Crippen molar-refractivity contribution in [2.75, 3.05) is 18.8 Å². The number of nitrogens with two attached hydrogens (primary N) is 2. The molecule has 2 aromatic carbocycles. The van der Waals surface area contributed by atoms with Crippen molar-refractivity contribution < 1.29 is 27.2 Å². The molecule has 2 aromatic heterocycles. The Kier molecular flexibility index (Phi) is 10.1. The van der Waals surface area contributed by atoms with Gasteiger partial charge in [0.05, 0.1) is 23.0 Å². The molecule has 40 heavy (non-hydrogen) atoms. The maximum absolute atomic E-state index is 12.6. The number of nitrogens with zero attached hydrogens (tertiary/aromatic N) is 4. The number of nitrogen functional groups attached to an aromatic ring is 1. The van der Waals surface area contributed by atoms with Gasteiger partial charge in [-0.3, -0.25) is 9.59 Å². The van der Waals surface area contributed by atoms with Crippen LogP contribution in [0.1, 0.15) is 42.2 Å². The van der Waals surface area contributed by atoms with Crippen molar-refractivity contribution in [2.24, 2.45) is 5.73 Å². The van der Waals surface area contributed by atoms with E-state index in [-0.39, 0.29) is 22.9 Å². The van der Waals surface area contributed by atoms with Crippen LogP contribution in [0.15, 0.2) is 60.9 Å². The molecule has 3 heterocycles. The summed E-state index contributed by atoms with van der Waals surface area (Å²) in [6.45, 7) is 3.61. The third kappa shape index (κ3) is 8.40. The first-order valence-corrected chi connectivity index (χ1v) is 12.5. The zero-order chi connectivity index (χ0) is 29.4. The first-order valence-electron chi connectivity index (χ1n) is 12.1. The maximum atomic E-state index is 12.6. The van der Waals surface area contributed by atoms with E-state index in [0.717, 1.165) is 19.2 Å². The summed E-state index contributed by atoms with van der Waals surface area (Å²) in [6.07, 6.45) is 2.05. The fourth-order valence-electron chi connectivity index (χ4n) is 3.76. The molecule has 8 nitrogen and oxygen atoms in total. The molecule has 1 saturated heterocycles. The van der Waals surface area contributed by atoms with Crippen LogP contribution in [0.2, 0.25) is 5.02 Å². The molecule has 1 fully saturated rings. The second kappa shape index (κ2) is 13.2. The van der Waals surface area contributed by atoms with Crippen LogP contribution in [0, 0.1) is 5.82 Å². The van der Waals surface area contributed by atoms with Crippen LogP contribution in [-0.2, 0) is 11.0 Å². The number of piperidine rings is 1. The normalized spacial score (nSPS) is 13.1. The molecule has 1 aliphatic heterocycles. The molecule has 0 aliphatic carbocycles. The van der Waals surface area contributed by atoms with E-state index in [2.05, 4.69) is 10.1 Å². The molecule has 5 rings (SSSR count). The second-order valence-corrected chi connectivity index (χ2v) is 9.27. The highest BCUT2D eigenvalue weighted by Gasteiger charge is 2.33. The van der Waals surface area contributed by atoms with Gasteiger partial charge >= 0.3 is 6.18 Å². The molecule has 0 unspecified atom stereocenters. The minimum Gasteiger partial charge on any atom is -0.398 e. The van der Waals surface area contributed by atoms with Crippen LogP contribution < -0.4 is 11.5 Å². The first kappa shape index (κ1) is 30.4. The third-order valence-electron chi connectivity index (χ3n) is 5.85. The number of amides is 2. The molecule has 13 heteroatoms. The number of alkyl halides is 3. The average Bonchev–Trinajstić information content (AvgIpc) is 3.41. The predicted octanol–water partition coefficient (Wildman–Crippen LogP) is 5.62. The molecule has 2 amide bonds. The molecule has 212 valence electrons. The molecule has 1 aliphatic rings. The summed E-state index contributed by atoms with van der Waals surface area (Å²) in [5.41, 5.74) is 10.8. The van der Waals surface area contributed by atoms with Gasteiger partial charge < -0.3 is 16.4 Å². The van der Waals surface area contributed by atoms with Crippen LogP contribution in [0.3, 0.4) is 0 Å². The number of primary amides is 1. The highest BCUT2D eigenvalue weighted by molar-refractivity contribution is 6.31. The number of likely N-dealkylation sites (tertiary alicyclic amines) is 1. The molecule has 0 atom stereocenters. The van der Waals surface area contributed by atoms with Crippen molar-refractivity contribution in [1.29, 1.82) is 0 Å². The molecular formula is C27H27ClF4N6O2. The topological polar surface area (TPSA) is 120 Å². The van der Waals surface area contributed by atoms with Crippen LogP contribution in [0.5, 0.6) is 0 Å². The number of pyridine rings is 1. The zero-order valence-corrected chi connectivity index (χ0v) is 22.2. The monoisotopic (exact) mass is 578 g/mol. The Labute approximate surface area is 232 Å². The number of halogens is 5.